The number of nitrogens with zero attached hydrogens (tertiary/aromatic N) is 2. The van der Waals surface area contributed by atoms with Crippen LogP contribution in [0.2, 0.25) is 0 Å². The van der Waals surface area contributed by atoms with Crippen LogP contribution in [0.1, 0.15) is 29.3 Å². The van der Waals surface area contributed by atoms with E-state index in [2.05, 4.69) is 22.1 Å². The number of aliphatic carboxylic acids is 1. The zero-order valence-corrected chi connectivity index (χ0v) is 15.6. The van der Waals surface area contributed by atoms with Crippen LogP contribution in [-0.4, -0.2) is 37.3 Å². The summed E-state index contributed by atoms with van der Waals surface area (Å²) in [5.74, 6) is -0.703. The van der Waals surface area contributed by atoms with Gasteiger partial charge in [-0.05, 0) is 12.0 Å². The van der Waals surface area contributed by atoms with E-state index in [0.29, 0.717) is 16.5 Å². The second kappa shape index (κ2) is 8.64. The number of ketones is 1. The summed E-state index contributed by atoms with van der Waals surface area (Å²) >= 11 is 1.06. The van der Waals surface area contributed by atoms with Crippen LogP contribution in [0.5, 0.6) is 0 Å². The molecule has 1 unspecified atom stereocenters. The number of aromatic nitrogens is 3. The molecule has 0 aliphatic rings. The lowest BCUT2D eigenvalue weighted by Crippen LogP contribution is -2.21. The van der Waals surface area contributed by atoms with Crippen LogP contribution in [0, 0.1) is 0 Å². The van der Waals surface area contributed by atoms with Gasteiger partial charge in [0.25, 0.3) is 0 Å². The van der Waals surface area contributed by atoms with Crippen LogP contribution in [0.15, 0.2) is 59.8 Å². The van der Waals surface area contributed by atoms with E-state index in [1.165, 1.54) is 5.56 Å². The molecule has 1 atom stereocenters. The number of benzene rings is 2. The molecule has 1 heterocycles. The molecule has 0 aliphatic heterocycles. The average Bonchev–Trinajstić information content (AvgIpc) is 3.16. The molecular weight excluding hydrogens is 362 g/mol. The first-order valence-corrected chi connectivity index (χ1v) is 9.44. The highest BCUT2D eigenvalue weighted by molar-refractivity contribution is 8.00. The molecular formula is C20H19N3O3S. The van der Waals surface area contributed by atoms with Crippen LogP contribution >= 0.6 is 11.8 Å². The molecule has 0 saturated carbocycles. The Morgan fingerprint density at radius 1 is 1.11 bits per heavy atom. The summed E-state index contributed by atoms with van der Waals surface area (Å²) in [6.07, 6.45) is 0.656. The predicted molar refractivity (Wildman–Crippen MR) is 104 cm³/mol. The Bertz CT molecular complexity index is 923. The van der Waals surface area contributed by atoms with E-state index < -0.39 is 11.2 Å². The molecule has 27 heavy (non-hydrogen) atoms. The number of carbonyl (C=O) groups excluding carboxylic acids is 1. The molecule has 0 fully saturated rings. The molecule has 0 saturated heterocycles. The van der Waals surface area contributed by atoms with Crippen molar-refractivity contribution in [1.29, 1.82) is 0 Å². The van der Waals surface area contributed by atoms with Crippen molar-refractivity contribution >= 4 is 23.5 Å². The second-order valence-corrected chi connectivity index (χ2v) is 7.12. The number of Topliss-reactive ketones (excluding diaryl/α,β-unsaturated/α-hetero) is 1. The van der Waals surface area contributed by atoms with E-state index in [9.17, 15) is 14.7 Å². The summed E-state index contributed by atoms with van der Waals surface area (Å²) in [5, 5.41) is 15.7. The van der Waals surface area contributed by atoms with Crippen molar-refractivity contribution in [2.45, 2.75) is 30.2 Å². The molecule has 7 heteroatoms. The van der Waals surface area contributed by atoms with Crippen LogP contribution in [0.25, 0.3) is 11.4 Å². The molecule has 1 aromatic heterocycles. The van der Waals surface area contributed by atoms with E-state index >= 15 is 0 Å². The Kier molecular flexibility index (Phi) is 6.03. The molecule has 2 aromatic carbocycles. The smallest absolute Gasteiger partial charge is 0.304 e. The number of hydrogen-bond donors (Lipinski definition) is 2. The van der Waals surface area contributed by atoms with Gasteiger partial charge in [-0.25, -0.2) is 4.98 Å². The fraction of sp³-hybridized carbons (Fsp3) is 0.200. The topological polar surface area (TPSA) is 95.9 Å². The van der Waals surface area contributed by atoms with Crippen molar-refractivity contribution in [1.82, 2.24) is 15.2 Å². The quantitative estimate of drug-likeness (QED) is 0.454. The van der Waals surface area contributed by atoms with Gasteiger partial charge in [0.15, 0.2) is 11.6 Å². The van der Waals surface area contributed by atoms with E-state index in [1.54, 1.807) is 24.3 Å². The van der Waals surface area contributed by atoms with Crippen molar-refractivity contribution in [2.75, 3.05) is 0 Å². The van der Waals surface area contributed by atoms with Crippen LogP contribution in [0.4, 0.5) is 0 Å². The summed E-state index contributed by atoms with van der Waals surface area (Å²) in [5.41, 5.74) is 2.58. The minimum atomic E-state index is -1.04. The maximum absolute atomic E-state index is 12.7. The van der Waals surface area contributed by atoms with Gasteiger partial charge in [0.1, 0.15) is 0 Å². The van der Waals surface area contributed by atoms with Gasteiger partial charge in [-0.2, -0.15) is 0 Å². The Morgan fingerprint density at radius 2 is 1.81 bits per heavy atom. The molecule has 6 nitrogen and oxygen atoms in total. The van der Waals surface area contributed by atoms with Gasteiger partial charge in [-0.15, -0.1) is 5.10 Å². The lowest BCUT2D eigenvalue weighted by Gasteiger charge is -2.11. The van der Waals surface area contributed by atoms with Crippen LogP contribution in [-0.2, 0) is 11.2 Å². The number of nitrogens with one attached hydrogen (secondary N) is 1. The summed E-state index contributed by atoms with van der Waals surface area (Å²) in [6, 6.07) is 16.6. The number of rotatable bonds is 8. The normalized spacial score (nSPS) is 11.9. The number of carbonyl (C=O) groups is 2. The lowest BCUT2D eigenvalue weighted by molar-refractivity contribution is -0.136. The first-order valence-electron chi connectivity index (χ1n) is 8.56. The van der Waals surface area contributed by atoms with Gasteiger partial charge >= 0.3 is 5.97 Å². The van der Waals surface area contributed by atoms with E-state index in [0.717, 1.165) is 23.7 Å². The lowest BCUT2D eigenvalue weighted by atomic mass is 10.1. The summed E-state index contributed by atoms with van der Waals surface area (Å²) < 4.78 is 0. The van der Waals surface area contributed by atoms with E-state index in [4.69, 9.17) is 0 Å². The predicted octanol–water partition coefficient (Wildman–Crippen LogP) is 3.85. The highest BCUT2D eigenvalue weighted by atomic mass is 32.2. The second-order valence-electron chi connectivity index (χ2n) is 5.95. The first-order chi connectivity index (χ1) is 13.1. The van der Waals surface area contributed by atoms with Gasteiger partial charge in [0.2, 0.25) is 5.16 Å². The Balaban J connectivity index is 1.78. The number of H-pyrrole nitrogens is 1. The van der Waals surface area contributed by atoms with Gasteiger partial charge in [0.05, 0.1) is 11.7 Å². The molecule has 0 bridgehead atoms. The van der Waals surface area contributed by atoms with Gasteiger partial charge in [-0.1, -0.05) is 73.3 Å². The van der Waals surface area contributed by atoms with Crippen LogP contribution in [0.3, 0.4) is 0 Å². The van der Waals surface area contributed by atoms with Crippen molar-refractivity contribution in [3.8, 4) is 11.4 Å². The van der Waals surface area contributed by atoms with Crippen molar-refractivity contribution in [3.05, 3.63) is 65.7 Å². The number of aromatic amines is 1. The minimum Gasteiger partial charge on any atom is -0.481 e. The van der Waals surface area contributed by atoms with Gasteiger partial charge < -0.3 is 5.11 Å². The highest BCUT2D eigenvalue weighted by Crippen LogP contribution is 2.27. The van der Waals surface area contributed by atoms with Crippen LogP contribution < -0.4 is 0 Å². The van der Waals surface area contributed by atoms with E-state index in [1.807, 2.05) is 30.3 Å². The molecule has 0 spiro atoms. The number of carboxylic acid groups (broad SMARTS) is 1. The van der Waals surface area contributed by atoms with Crippen molar-refractivity contribution < 1.29 is 14.7 Å². The van der Waals surface area contributed by atoms with Gasteiger partial charge in [-0.3, -0.25) is 14.7 Å². The molecule has 0 amide bonds. The standard InChI is InChI=1S/C20H19N3O3S/c1-2-13-8-10-15(11-9-13)19-21-20(23-22-19)27-16(12-17(24)25)18(26)14-6-4-3-5-7-14/h3-11,16H,2,12H2,1H3,(H,24,25)(H,21,22,23). The third-order valence-electron chi connectivity index (χ3n) is 4.06. The summed E-state index contributed by atoms with van der Waals surface area (Å²) in [4.78, 5) is 28.3. The molecule has 138 valence electrons. The maximum atomic E-state index is 12.7. The van der Waals surface area contributed by atoms with Crippen molar-refractivity contribution in [3.63, 3.8) is 0 Å². The zero-order chi connectivity index (χ0) is 19.2. The maximum Gasteiger partial charge on any atom is 0.304 e. The van der Waals surface area contributed by atoms with E-state index in [-0.39, 0.29) is 12.2 Å². The minimum absolute atomic E-state index is 0.248. The Morgan fingerprint density at radius 3 is 2.44 bits per heavy atom. The first kappa shape index (κ1) is 18.8. The molecule has 3 rings (SSSR count). The highest BCUT2D eigenvalue weighted by Gasteiger charge is 2.26. The fourth-order valence-corrected chi connectivity index (χ4v) is 3.55. The molecule has 0 radical (unpaired) electrons. The largest absolute Gasteiger partial charge is 0.481 e. The summed E-state index contributed by atoms with van der Waals surface area (Å²) in [7, 11) is 0. The molecule has 0 aliphatic carbocycles. The van der Waals surface area contributed by atoms with Gasteiger partial charge in [0, 0.05) is 11.1 Å². The average molecular weight is 381 g/mol. The third kappa shape index (κ3) is 4.83. The monoisotopic (exact) mass is 381 g/mol. The number of hydrogen-bond acceptors (Lipinski definition) is 5. The molecule has 2 N–H and O–H groups in total. The fourth-order valence-electron chi connectivity index (χ4n) is 2.59. The summed E-state index contributed by atoms with van der Waals surface area (Å²) in [6.45, 7) is 2.09. The zero-order valence-electron chi connectivity index (χ0n) is 14.8. The number of thioether (sulfide) groups is 1. The third-order valence-corrected chi connectivity index (χ3v) is 5.12. The SMILES string of the molecule is CCc1ccc(-c2nc(SC(CC(=O)O)C(=O)c3ccccc3)n[nH]2)cc1. The van der Waals surface area contributed by atoms with Crippen molar-refractivity contribution in [2.24, 2.45) is 0 Å². The Labute approximate surface area is 161 Å². The number of aryl methyl sites for hydroxylation is 1. The number of carboxylic acids is 1. The Hall–Kier alpha value is -2.93. The molecule has 3 aromatic rings.